The molecule has 4 rings (SSSR count). The van der Waals surface area contributed by atoms with E-state index < -0.39 is 0 Å². The van der Waals surface area contributed by atoms with Crippen LogP contribution in [0.1, 0.15) is 18.4 Å². The zero-order chi connectivity index (χ0) is 17.2. The highest BCUT2D eigenvalue weighted by atomic mass is 16.2. The lowest BCUT2D eigenvalue weighted by Gasteiger charge is -2.25. The van der Waals surface area contributed by atoms with Crippen LogP contribution in [0.15, 0.2) is 54.9 Å². The van der Waals surface area contributed by atoms with Crippen molar-refractivity contribution in [1.29, 1.82) is 0 Å². The molecule has 0 saturated carbocycles. The van der Waals surface area contributed by atoms with Crippen molar-refractivity contribution in [3.05, 3.63) is 60.4 Å². The predicted molar refractivity (Wildman–Crippen MR) is 99.7 cm³/mol. The third kappa shape index (κ3) is 3.05. The van der Waals surface area contributed by atoms with E-state index in [-0.39, 0.29) is 11.9 Å². The molecular formula is C20H20N4O. The Morgan fingerprint density at radius 3 is 2.76 bits per heavy atom. The second-order valence-electron chi connectivity index (χ2n) is 6.42. The third-order valence-corrected chi connectivity index (χ3v) is 4.67. The first-order chi connectivity index (χ1) is 12.2. The van der Waals surface area contributed by atoms with Gasteiger partial charge in [0.15, 0.2) is 0 Å². The number of carbonyl (C=O) groups excluding carboxylic acids is 1. The minimum Gasteiger partial charge on any atom is -0.344 e. The number of aromatic nitrogens is 2. The topological polar surface area (TPSA) is 58.1 Å². The van der Waals surface area contributed by atoms with Crippen molar-refractivity contribution in [1.82, 2.24) is 9.97 Å². The van der Waals surface area contributed by atoms with Crippen molar-refractivity contribution < 1.29 is 4.79 Å². The zero-order valence-corrected chi connectivity index (χ0v) is 14.1. The summed E-state index contributed by atoms with van der Waals surface area (Å²) in [6.45, 7) is 2.86. The monoisotopic (exact) mass is 332 g/mol. The molecule has 1 atom stereocenters. The lowest BCUT2D eigenvalue weighted by Crippen LogP contribution is -2.40. The van der Waals surface area contributed by atoms with Gasteiger partial charge in [0.1, 0.15) is 18.2 Å². The molecule has 5 nitrogen and oxygen atoms in total. The van der Waals surface area contributed by atoms with Gasteiger partial charge in [-0.25, -0.2) is 9.97 Å². The molecule has 1 fully saturated rings. The molecule has 0 aliphatic carbocycles. The van der Waals surface area contributed by atoms with E-state index in [4.69, 9.17) is 0 Å². The lowest BCUT2D eigenvalue weighted by atomic mass is 10.1. The van der Waals surface area contributed by atoms with Crippen molar-refractivity contribution in [3.63, 3.8) is 0 Å². The fraction of sp³-hybridized carbons (Fsp3) is 0.250. The van der Waals surface area contributed by atoms with E-state index in [1.807, 2.05) is 55.5 Å². The SMILES string of the molecule is Cc1ccc(NC(=O)[C@@H]2CCCN2c2ncnc3ccccc23)cc1. The van der Waals surface area contributed by atoms with Crippen molar-refractivity contribution >= 4 is 28.3 Å². The quantitative estimate of drug-likeness (QED) is 0.797. The van der Waals surface area contributed by atoms with E-state index in [1.165, 1.54) is 5.56 Å². The molecule has 2 heterocycles. The van der Waals surface area contributed by atoms with Gasteiger partial charge in [0.25, 0.3) is 0 Å². The molecule has 1 aliphatic rings. The summed E-state index contributed by atoms with van der Waals surface area (Å²) in [6, 6.07) is 15.6. The highest BCUT2D eigenvalue weighted by Gasteiger charge is 2.32. The Labute approximate surface area is 146 Å². The van der Waals surface area contributed by atoms with Crippen molar-refractivity contribution in [2.24, 2.45) is 0 Å². The molecule has 0 unspecified atom stereocenters. The molecule has 126 valence electrons. The number of nitrogens with one attached hydrogen (secondary N) is 1. The van der Waals surface area contributed by atoms with E-state index in [0.717, 1.165) is 41.8 Å². The number of hydrogen-bond donors (Lipinski definition) is 1. The Bertz CT molecular complexity index is 902. The van der Waals surface area contributed by atoms with Gasteiger partial charge in [-0.05, 0) is 44.0 Å². The van der Waals surface area contributed by atoms with Crippen LogP contribution in [0.5, 0.6) is 0 Å². The van der Waals surface area contributed by atoms with E-state index in [9.17, 15) is 4.79 Å². The summed E-state index contributed by atoms with van der Waals surface area (Å²) in [6.07, 6.45) is 3.38. The number of nitrogens with zero attached hydrogens (tertiary/aromatic N) is 3. The van der Waals surface area contributed by atoms with Gasteiger partial charge >= 0.3 is 0 Å². The molecule has 25 heavy (non-hydrogen) atoms. The van der Waals surface area contributed by atoms with Crippen LogP contribution in [0.4, 0.5) is 11.5 Å². The van der Waals surface area contributed by atoms with Gasteiger partial charge in [0.05, 0.1) is 5.52 Å². The largest absolute Gasteiger partial charge is 0.344 e. The predicted octanol–water partition coefficient (Wildman–Crippen LogP) is 3.55. The Morgan fingerprint density at radius 1 is 1.12 bits per heavy atom. The maximum Gasteiger partial charge on any atom is 0.247 e. The lowest BCUT2D eigenvalue weighted by molar-refractivity contribution is -0.117. The minimum atomic E-state index is -0.209. The van der Waals surface area contributed by atoms with Gasteiger partial charge in [0, 0.05) is 17.6 Å². The number of aryl methyl sites for hydroxylation is 1. The standard InChI is InChI=1S/C20H20N4O/c1-14-8-10-15(11-9-14)23-20(25)18-7-4-12-24(18)19-16-5-2-3-6-17(16)21-13-22-19/h2-3,5-6,8-11,13,18H,4,7,12H2,1H3,(H,23,25)/t18-/m0/s1. The molecule has 1 amide bonds. The van der Waals surface area contributed by atoms with Crippen LogP contribution < -0.4 is 10.2 Å². The molecular weight excluding hydrogens is 312 g/mol. The van der Waals surface area contributed by atoms with Gasteiger partial charge in [-0.15, -0.1) is 0 Å². The molecule has 1 aliphatic heterocycles. The van der Waals surface area contributed by atoms with Gasteiger partial charge in [-0.2, -0.15) is 0 Å². The van der Waals surface area contributed by atoms with Crippen molar-refractivity contribution in [2.75, 3.05) is 16.8 Å². The van der Waals surface area contributed by atoms with E-state index in [0.29, 0.717) is 0 Å². The number of benzene rings is 2. The van der Waals surface area contributed by atoms with Gasteiger partial charge < -0.3 is 10.2 Å². The number of carbonyl (C=O) groups is 1. The average Bonchev–Trinajstić information content (AvgIpc) is 3.13. The van der Waals surface area contributed by atoms with Crippen molar-refractivity contribution in [2.45, 2.75) is 25.8 Å². The number of hydrogen-bond acceptors (Lipinski definition) is 4. The molecule has 2 aromatic carbocycles. The maximum atomic E-state index is 12.8. The Kier molecular flexibility index (Phi) is 4.06. The average molecular weight is 332 g/mol. The molecule has 3 aromatic rings. The fourth-order valence-corrected chi connectivity index (χ4v) is 3.37. The van der Waals surface area contributed by atoms with E-state index in [2.05, 4.69) is 20.2 Å². The first kappa shape index (κ1) is 15.6. The number of para-hydroxylation sites is 1. The molecule has 0 radical (unpaired) electrons. The summed E-state index contributed by atoms with van der Waals surface area (Å²) >= 11 is 0. The van der Waals surface area contributed by atoms with Crippen LogP contribution >= 0.6 is 0 Å². The summed E-state index contributed by atoms with van der Waals surface area (Å²) in [7, 11) is 0. The summed E-state index contributed by atoms with van der Waals surface area (Å²) < 4.78 is 0. The highest BCUT2D eigenvalue weighted by molar-refractivity contribution is 5.99. The maximum absolute atomic E-state index is 12.8. The van der Waals surface area contributed by atoms with Crippen LogP contribution in [0, 0.1) is 6.92 Å². The van der Waals surface area contributed by atoms with Gasteiger partial charge in [-0.3, -0.25) is 4.79 Å². The Morgan fingerprint density at radius 2 is 1.92 bits per heavy atom. The summed E-state index contributed by atoms with van der Waals surface area (Å²) in [4.78, 5) is 23.7. The third-order valence-electron chi connectivity index (χ3n) is 4.67. The fourth-order valence-electron chi connectivity index (χ4n) is 3.37. The first-order valence-corrected chi connectivity index (χ1v) is 8.56. The molecule has 1 aromatic heterocycles. The molecule has 0 spiro atoms. The van der Waals surface area contributed by atoms with Crippen LogP contribution in [-0.2, 0) is 4.79 Å². The van der Waals surface area contributed by atoms with Crippen LogP contribution in [0.3, 0.4) is 0 Å². The van der Waals surface area contributed by atoms with Crippen molar-refractivity contribution in [3.8, 4) is 0 Å². The Hall–Kier alpha value is -2.95. The zero-order valence-electron chi connectivity index (χ0n) is 14.1. The molecule has 1 saturated heterocycles. The summed E-state index contributed by atoms with van der Waals surface area (Å²) in [5, 5.41) is 4.02. The normalized spacial score (nSPS) is 17.0. The highest BCUT2D eigenvalue weighted by Crippen LogP contribution is 2.30. The van der Waals surface area contributed by atoms with Gasteiger partial charge in [-0.1, -0.05) is 29.8 Å². The van der Waals surface area contributed by atoms with Crippen LogP contribution in [0.25, 0.3) is 10.9 Å². The van der Waals surface area contributed by atoms with E-state index >= 15 is 0 Å². The molecule has 0 bridgehead atoms. The summed E-state index contributed by atoms with van der Waals surface area (Å²) in [5.41, 5.74) is 2.90. The van der Waals surface area contributed by atoms with Gasteiger partial charge in [0.2, 0.25) is 5.91 Å². The van der Waals surface area contributed by atoms with Crippen LogP contribution in [-0.4, -0.2) is 28.5 Å². The molecule has 1 N–H and O–H groups in total. The minimum absolute atomic E-state index is 0.0176. The summed E-state index contributed by atoms with van der Waals surface area (Å²) in [5.74, 6) is 0.858. The second kappa shape index (κ2) is 6.51. The number of amides is 1. The first-order valence-electron chi connectivity index (χ1n) is 8.56. The number of anilines is 2. The van der Waals surface area contributed by atoms with E-state index in [1.54, 1.807) is 6.33 Å². The number of fused-ring (bicyclic) bond motifs is 1. The molecule has 5 heteroatoms. The Balaban J connectivity index is 1.61. The smallest absolute Gasteiger partial charge is 0.247 e. The van der Waals surface area contributed by atoms with Crippen LogP contribution in [0.2, 0.25) is 0 Å². The second-order valence-corrected chi connectivity index (χ2v) is 6.42. The number of rotatable bonds is 3.